The molecule has 0 radical (unpaired) electrons. The third-order valence-electron chi connectivity index (χ3n) is 4.60. The number of benzene rings is 1. The van der Waals surface area contributed by atoms with Gasteiger partial charge in [0.2, 0.25) is 0 Å². The number of aryl methyl sites for hydroxylation is 1. The van der Waals surface area contributed by atoms with E-state index >= 15 is 0 Å². The van der Waals surface area contributed by atoms with Gasteiger partial charge in [0.25, 0.3) is 0 Å². The lowest BCUT2D eigenvalue weighted by atomic mass is 10.1. The summed E-state index contributed by atoms with van der Waals surface area (Å²) in [4.78, 5) is 24.9. The van der Waals surface area contributed by atoms with E-state index in [4.69, 9.17) is 4.74 Å². The molecule has 2 N–H and O–H groups in total. The zero-order valence-electron chi connectivity index (χ0n) is 15.7. The van der Waals surface area contributed by atoms with Crippen LogP contribution in [0.15, 0.2) is 36.0 Å². The second-order valence-electron chi connectivity index (χ2n) is 6.49. The number of carboxylic acids is 1. The predicted octanol–water partition coefficient (Wildman–Crippen LogP) is 3.70. The second kappa shape index (κ2) is 8.33. The van der Waals surface area contributed by atoms with Gasteiger partial charge in [-0.2, -0.15) is 0 Å². The number of phenolic OH excluding ortho intramolecular Hbond substituents is 1. The van der Waals surface area contributed by atoms with Gasteiger partial charge in [0.1, 0.15) is 11.3 Å². The van der Waals surface area contributed by atoms with Gasteiger partial charge in [0, 0.05) is 16.6 Å². The number of nitrogens with zero attached hydrogens (tertiary/aromatic N) is 3. The molecule has 1 aliphatic carbocycles. The third kappa shape index (κ3) is 3.83. The molecule has 154 valence electrons. The zero-order valence-corrected chi connectivity index (χ0v) is 17.3. The second-order valence-corrected chi connectivity index (χ2v) is 8.50. The number of aromatic nitrogens is 3. The molecule has 30 heavy (non-hydrogen) atoms. The molecular weight excluding hydrogens is 426 g/mol. The summed E-state index contributed by atoms with van der Waals surface area (Å²) < 4.78 is 7.00. The highest BCUT2D eigenvalue weighted by molar-refractivity contribution is 7.99. The summed E-state index contributed by atoms with van der Waals surface area (Å²) in [5, 5.41) is 27.8. The number of ether oxygens (including phenoxy) is 1. The Morgan fingerprint density at radius 1 is 1.27 bits per heavy atom. The quantitative estimate of drug-likeness (QED) is 0.420. The first-order valence-electron chi connectivity index (χ1n) is 9.06. The minimum Gasteiger partial charge on any atom is -0.508 e. The Hall–Kier alpha value is -3.11. The SMILES string of the molecule is C=Cn1c(SCC(=O)Oc2sc3c(c2C(=O)O)CCC3)nnc1-c1ccc(O)cc1. The molecule has 3 aromatic rings. The van der Waals surface area contributed by atoms with Gasteiger partial charge in [-0.05, 0) is 49.1 Å². The van der Waals surface area contributed by atoms with Crippen molar-refractivity contribution in [3.05, 3.63) is 46.8 Å². The summed E-state index contributed by atoms with van der Waals surface area (Å²) in [6.07, 6.45) is 3.96. The highest BCUT2D eigenvalue weighted by Crippen LogP contribution is 2.41. The molecule has 0 spiro atoms. The summed E-state index contributed by atoms with van der Waals surface area (Å²) in [7, 11) is 0. The number of phenols is 1. The Balaban J connectivity index is 1.47. The average Bonchev–Trinajstić information content (AvgIpc) is 3.40. The van der Waals surface area contributed by atoms with Crippen molar-refractivity contribution in [2.24, 2.45) is 0 Å². The number of hydrogen-bond donors (Lipinski definition) is 2. The maximum atomic E-state index is 12.4. The highest BCUT2D eigenvalue weighted by atomic mass is 32.2. The molecular formula is C20H17N3O5S2. The van der Waals surface area contributed by atoms with Gasteiger partial charge in [-0.15, -0.1) is 21.5 Å². The maximum Gasteiger partial charge on any atom is 0.340 e. The fourth-order valence-electron chi connectivity index (χ4n) is 3.27. The lowest BCUT2D eigenvalue weighted by molar-refractivity contribution is -0.131. The van der Waals surface area contributed by atoms with Crippen LogP contribution in [0.2, 0.25) is 0 Å². The van der Waals surface area contributed by atoms with Gasteiger partial charge in [0.15, 0.2) is 16.0 Å². The van der Waals surface area contributed by atoms with E-state index in [2.05, 4.69) is 16.8 Å². The monoisotopic (exact) mass is 443 g/mol. The number of carbonyl (C=O) groups excluding carboxylic acids is 1. The van der Waals surface area contributed by atoms with Crippen molar-refractivity contribution in [2.75, 3.05) is 5.75 Å². The summed E-state index contributed by atoms with van der Waals surface area (Å²) in [6.45, 7) is 3.76. The molecule has 1 aliphatic rings. The van der Waals surface area contributed by atoms with Crippen LogP contribution in [0.1, 0.15) is 27.2 Å². The van der Waals surface area contributed by atoms with Gasteiger partial charge in [0.05, 0.1) is 5.75 Å². The van der Waals surface area contributed by atoms with E-state index in [-0.39, 0.29) is 22.1 Å². The van der Waals surface area contributed by atoms with Crippen LogP contribution in [-0.4, -0.2) is 42.7 Å². The van der Waals surface area contributed by atoms with Crippen LogP contribution in [0.25, 0.3) is 17.6 Å². The van der Waals surface area contributed by atoms with E-state index in [1.165, 1.54) is 17.5 Å². The van der Waals surface area contributed by atoms with E-state index in [1.807, 2.05) is 0 Å². The van der Waals surface area contributed by atoms with Gasteiger partial charge >= 0.3 is 11.9 Å². The molecule has 2 heterocycles. The zero-order chi connectivity index (χ0) is 21.3. The molecule has 0 saturated heterocycles. The molecule has 0 unspecified atom stereocenters. The van der Waals surface area contributed by atoms with Crippen molar-refractivity contribution in [3.63, 3.8) is 0 Å². The van der Waals surface area contributed by atoms with Crippen molar-refractivity contribution in [3.8, 4) is 22.2 Å². The Morgan fingerprint density at radius 3 is 2.73 bits per heavy atom. The molecule has 4 rings (SSSR count). The van der Waals surface area contributed by atoms with Crippen molar-refractivity contribution < 1.29 is 24.5 Å². The lowest BCUT2D eigenvalue weighted by Crippen LogP contribution is -2.13. The van der Waals surface area contributed by atoms with Gasteiger partial charge in [-0.25, -0.2) is 4.79 Å². The van der Waals surface area contributed by atoms with Crippen LogP contribution in [0, 0.1) is 0 Å². The van der Waals surface area contributed by atoms with Crippen molar-refractivity contribution in [2.45, 2.75) is 24.4 Å². The van der Waals surface area contributed by atoms with Crippen LogP contribution in [-0.2, 0) is 17.6 Å². The number of carbonyl (C=O) groups is 2. The molecule has 0 amide bonds. The third-order valence-corrected chi connectivity index (χ3v) is 6.69. The Kier molecular flexibility index (Phi) is 5.60. The normalized spacial score (nSPS) is 12.5. The van der Waals surface area contributed by atoms with Gasteiger partial charge < -0.3 is 14.9 Å². The predicted molar refractivity (Wildman–Crippen MR) is 113 cm³/mol. The van der Waals surface area contributed by atoms with E-state index in [0.29, 0.717) is 17.4 Å². The summed E-state index contributed by atoms with van der Waals surface area (Å²) in [5.41, 5.74) is 1.62. The number of fused-ring (bicyclic) bond motifs is 1. The van der Waals surface area contributed by atoms with Crippen LogP contribution in [0.4, 0.5) is 0 Å². The fourth-order valence-corrected chi connectivity index (χ4v) is 5.22. The van der Waals surface area contributed by atoms with Crippen LogP contribution in [0.3, 0.4) is 0 Å². The first-order chi connectivity index (χ1) is 14.5. The number of carboxylic acid groups (broad SMARTS) is 1. The van der Waals surface area contributed by atoms with E-state index in [0.717, 1.165) is 40.6 Å². The van der Waals surface area contributed by atoms with E-state index < -0.39 is 11.9 Å². The summed E-state index contributed by atoms with van der Waals surface area (Å²) in [5.74, 6) is -1.05. The Bertz CT molecular complexity index is 1130. The molecule has 0 fully saturated rings. The first kappa shape index (κ1) is 20.2. The molecule has 0 atom stereocenters. The van der Waals surface area contributed by atoms with Crippen molar-refractivity contribution >= 4 is 41.2 Å². The average molecular weight is 444 g/mol. The summed E-state index contributed by atoms with van der Waals surface area (Å²) >= 11 is 2.35. The number of hydrogen-bond acceptors (Lipinski definition) is 8. The minimum atomic E-state index is -1.07. The van der Waals surface area contributed by atoms with Crippen molar-refractivity contribution in [1.29, 1.82) is 0 Å². The van der Waals surface area contributed by atoms with E-state index in [9.17, 15) is 19.8 Å². The molecule has 8 nitrogen and oxygen atoms in total. The van der Waals surface area contributed by atoms with Crippen LogP contribution >= 0.6 is 23.1 Å². The molecule has 2 aromatic heterocycles. The molecule has 0 bridgehead atoms. The maximum absolute atomic E-state index is 12.4. The molecule has 0 saturated carbocycles. The number of aromatic carboxylic acids is 1. The fraction of sp³-hybridized carbons (Fsp3) is 0.200. The smallest absolute Gasteiger partial charge is 0.340 e. The lowest BCUT2D eigenvalue weighted by Gasteiger charge is -2.06. The number of thiophene rings is 1. The Labute approximate surface area is 179 Å². The standard InChI is InChI=1S/C20H17N3O5S2/c1-2-23-17(11-6-8-12(24)9-7-11)21-22-20(23)29-10-15(25)28-19-16(18(26)27)13-4-3-5-14(13)30-19/h2,6-9,24H,1,3-5,10H2,(H,26,27). The number of esters is 1. The summed E-state index contributed by atoms with van der Waals surface area (Å²) in [6, 6.07) is 6.48. The highest BCUT2D eigenvalue weighted by Gasteiger charge is 2.28. The van der Waals surface area contributed by atoms with Crippen molar-refractivity contribution in [1.82, 2.24) is 14.8 Å². The van der Waals surface area contributed by atoms with Crippen LogP contribution < -0.4 is 4.74 Å². The Morgan fingerprint density at radius 2 is 2.03 bits per heavy atom. The van der Waals surface area contributed by atoms with Gasteiger partial charge in [-0.1, -0.05) is 18.3 Å². The van der Waals surface area contributed by atoms with E-state index in [1.54, 1.807) is 28.8 Å². The minimum absolute atomic E-state index is 0.0663. The molecule has 10 heteroatoms. The topological polar surface area (TPSA) is 115 Å². The van der Waals surface area contributed by atoms with Crippen LogP contribution in [0.5, 0.6) is 10.8 Å². The molecule has 1 aromatic carbocycles. The largest absolute Gasteiger partial charge is 0.508 e. The number of aromatic hydroxyl groups is 1. The number of thioether (sulfide) groups is 1. The number of rotatable bonds is 7. The first-order valence-corrected chi connectivity index (χ1v) is 10.9. The molecule has 0 aliphatic heterocycles. The van der Waals surface area contributed by atoms with Gasteiger partial charge in [-0.3, -0.25) is 9.36 Å².